The van der Waals surface area contributed by atoms with E-state index in [1.54, 1.807) is 54.6 Å². The number of benzene rings is 3. The molecule has 0 bridgehead atoms. The lowest BCUT2D eigenvalue weighted by Crippen LogP contribution is -2.32. The zero-order valence-electron chi connectivity index (χ0n) is 19.9. The van der Waals surface area contributed by atoms with Gasteiger partial charge in [0.25, 0.3) is 5.91 Å². The Labute approximate surface area is 219 Å². The summed E-state index contributed by atoms with van der Waals surface area (Å²) in [5.41, 5.74) is 2.12. The summed E-state index contributed by atoms with van der Waals surface area (Å²) in [6.45, 7) is 4.43. The van der Waals surface area contributed by atoms with Crippen LogP contribution in [0.15, 0.2) is 60.7 Å². The van der Waals surface area contributed by atoms with Crippen molar-refractivity contribution in [3.63, 3.8) is 0 Å². The summed E-state index contributed by atoms with van der Waals surface area (Å²) in [6.07, 6.45) is -0.136. The summed E-state index contributed by atoms with van der Waals surface area (Å²) < 4.78 is 20.7. The predicted octanol–water partition coefficient (Wildman–Crippen LogP) is 6.52. The maximum absolute atomic E-state index is 14.8. The molecule has 190 valence electrons. The second kappa shape index (κ2) is 12.6. The van der Waals surface area contributed by atoms with Crippen molar-refractivity contribution in [3.05, 3.63) is 82.1 Å². The molecule has 0 fully saturated rings. The average Bonchev–Trinajstić information content (AvgIpc) is 2.82. The molecule has 0 aliphatic rings. The summed E-state index contributed by atoms with van der Waals surface area (Å²) in [5, 5.41) is 15.5. The van der Waals surface area contributed by atoms with Crippen molar-refractivity contribution in [2.75, 3.05) is 18.5 Å². The normalized spacial score (nSPS) is 11.7. The minimum absolute atomic E-state index is 0.0647. The lowest BCUT2D eigenvalue weighted by atomic mass is 10.0. The highest BCUT2D eigenvalue weighted by atomic mass is 35.5. The van der Waals surface area contributed by atoms with E-state index < -0.39 is 11.8 Å². The van der Waals surface area contributed by atoms with Crippen molar-refractivity contribution in [1.82, 2.24) is 5.32 Å². The Morgan fingerprint density at radius 2 is 1.69 bits per heavy atom. The lowest BCUT2D eigenvalue weighted by Gasteiger charge is -2.24. The van der Waals surface area contributed by atoms with Gasteiger partial charge in [0.1, 0.15) is 18.2 Å². The van der Waals surface area contributed by atoms with Crippen LogP contribution in [0, 0.1) is 11.7 Å². The number of hydrogen-bond donors (Lipinski definition) is 3. The predicted molar refractivity (Wildman–Crippen MR) is 141 cm³/mol. The fourth-order valence-corrected chi connectivity index (χ4v) is 3.93. The first-order valence-electron chi connectivity index (χ1n) is 11.4. The SMILES string of the molecule is CC(C)[C@@H](COc1ccc(-c2ccc(Cl)cc2Cl)c(F)c1)Nc1ccc(C(=O)NCCC(=O)O)cc1. The first-order valence-corrected chi connectivity index (χ1v) is 12.1. The molecule has 3 N–H and O–H groups in total. The summed E-state index contributed by atoms with van der Waals surface area (Å²) in [7, 11) is 0. The summed E-state index contributed by atoms with van der Waals surface area (Å²) in [4.78, 5) is 22.7. The smallest absolute Gasteiger partial charge is 0.305 e. The Bertz CT molecular complexity index is 1220. The van der Waals surface area contributed by atoms with E-state index in [9.17, 15) is 14.0 Å². The maximum Gasteiger partial charge on any atom is 0.305 e. The van der Waals surface area contributed by atoms with Gasteiger partial charge in [-0.3, -0.25) is 9.59 Å². The van der Waals surface area contributed by atoms with Crippen LogP contribution >= 0.6 is 23.2 Å². The van der Waals surface area contributed by atoms with Gasteiger partial charge >= 0.3 is 5.97 Å². The van der Waals surface area contributed by atoms with Gasteiger partial charge in [0.05, 0.1) is 12.5 Å². The Morgan fingerprint density at radius 1 is 1.00 bits per heavy atom. The molecule has 0 aliphatic heterocycles. The van der Waals surface area contributed by atoms with E-state index in [1.165, 1.54) is 6.07 Å². The number of aliphatic carboxylic acids is 1. The largest absolute Gasteiger partial charge is 0.491 e. The van der Waals surface area contributed by atoms with Crippen LogP contribution in [0.5, 0.6) is 5.75 Å². The molecule has 9 heteroatoms. The number of hydrogen-bond acceptors (Lipinski definition) is 4. The zero-order chi connectivity index (χ0) is 26.2. The molecule has 0 aromatic heterocycles. The number of nitrogens with one attached hydrogen (secondary N) is 2. The lowest BCUT2D eigenvalue weighted by molar-refractivity contribution is -0.136. The highest BCUT2D eigenvalue weighted by molar-refractivity contribution is 6.36. The molecular formula is C27H27Cl2FN2O4. The number of carbonyl (C=O) groups is 2. The molecule has 0 aliphatic carbocycles. The van der Waals surface area contributed by atoms with Crippen molar-refractivity contribution in [1.29, 1.82) is 0 Å². The number of amides is 1. The molecular weight excluding hydrogens is 506 g/mol. The Balaban J connectivity index is 1.61. The second-order valence-corrected chi connectivity index (χ2v) is 9.39. The highest BCUT2D eigenvalue weighted by Gasteiger charge is 2.16. The van der Waals surface area contributed by atoms with Gasteiger partial charge < -0.3 is 20.5 Å². The van der Waals surface area contributed by atoms with Gasteiger partial charge in [-0.1, -0.05) is 43.1 Å². The molecule has 3 aromatic rings. The molecule has 0 unspecified atom stereocenters. The number of carbonyl (C=O) groups excluding carboxylic acids is 1. The first kappa shape index (κ1) is 27.3. The number of ether oxygens (including phenoxy) is 1. The maximum atomic E-state index is 14.8. The average molecular weight is 533 g/mol. The van der Waals surface area contributed by atoms with Gasteiger partial charge in [0.15, 0.2) is 0 Å². The van der Waals surface area contributed by atoms with Crippen LogP contribution in [0.25, 0.3) is 11.1 Å². The van der Waals surface area contributed by atoms with Crippen LogP contribution < -0.4 is 15.4 Å². The number of carboxylic acid groups (broad SMARTS) is 1. The third-order valence-corrected chi connectivity index (χ3v) is 6.07. The minimum Gasteiger partial charge on any atom is -0.491 e. The molecule has 0 saturated carbocycles. The van der Waals surface area contributed by atoms with Gasteiger partial charge in [0, 0.05) is 45.0 Å². The molecule has 1 atom stereocenters. The van der Waals surface area contributed by atoms with Gasteiger partial charge in [-0.2, -0.15) is 0 Å². The number of anilines is 1. The van der Waals surface area contributed by atoms with E-state index in [0.717, 1.165) is 5.69 Å². The van der Waals surface area contributed by atoms with E-state index in [0.29, 0.717) is 32.5 Å². The molecule has 0 heterocycles. The van der Waals surface area contributed by atoms with Gasteiger partial charge in [-0.25, -0.2) is 4.39 Å². The first-order chi connectivity index (χ1) is 17.1. The molecule has 0 radical (unpaired) electrons. The van der Waals surface area contributed by atoms with E-state index in [1.807, 2.05) is 13.8 Å². The van der Waals surface area contributed by atoms with E-state index >= 15 is 0 Å². The molecule has 3 aromatic carbocycles. The molecule has 0 spiro atoms. The third kappa shape index (κ3) is 7.60. The topological polar surface area (TPSA) is 87.7 Å². The van der Waals surface area contributed by atoms with Crippen LogP contribution in [-0.4, -0.2) is 36.2 Å². The van der Waals surface area contributed by atoms with Crippen molar-refractivity contribution in [2.45, 2.75) is 26.3 Å². The van der Waals surface area contributed by atoms with E-state index in [4.69, 9.17) is 33.0 Å². The van der Waals surface area contributed by atoms with Crippen molar-refractivity contribution in [2.24, 2.45) is 5.92 Å². The fraction of sp³-hybridized carbons (Fsp3) is 0.259. The summed E-state index contributed by atoms with van der Waals surface area (Å²) in [5.74, 6) is -1.18. The second-order valence-electron chi connectivity index (χ2n) is 8.55. The Hall–Kier alpha value is -3.29. The Kier molecular flexibility index (Phi) is 9.56. The Morgan fingerprint density at radius 3 is 2.31 bits per heavy atom. The monoisotopic (exact) mass is 532 g/mol. The van der Waals surface area contributed by atoms with Crippen molar-refractivity contribution in [3.8, 4) is 16.9 Å². The van der Waals surface area contributed by atoms with Crippen molar-refractivity contribution >= 4 is 40.8 Å². The summed E-state index contributed by atoms with van der Waals surface area (Å²) in [6, 6.07) is 16.3. The van der Waals surface area contributed by atoms with Crippen LogP contribution in [0.4, 0.5) is 10.1 Å². The van der Waals surface area contributed by atoms with Crippen LogP contribution in [0.1, 0.15) is 30.6 Å². The van der Waals surface area contributed by atoms with Crippen LogP contribution in [0.2, 0.25) is 10.0 Å². The van der Waals surface area contributed by atoms with Crippen LogP contribution in [0.3, 0.4) is 0 Å². The number of rotatable bonds is 11. The number of halogens is 3. The van der Waals surface area contributed by atoms with Gasteiger partial charge in [-0.05, 0) is 54.4 Å². The van der Waals surface area contributed by atoms with Crippen molar-refractivity contribution < 1.29 is 23.8 Å². The fourth-order valence-electron chi connectivity index (χ4n) is 3.42. The molecule has 3 rings (SSSR count). The molecule has 6 nitrogen and oxygen atoms in total. The third-order valence-electron chi connectivity index (χ3n) is 5.52. The standard InChI is InChI=1S/C27H27Cl2FN2O4/c1-16(2)25(32-19-6-3-17(4-7-19)27(35)31-12-11-26(33)34)15-36-20-8-10-22(24(30)14-20)21-9-5-18(28)13-23(21)29/h3-10,13-14,16,25,32H,11-12,15H2,1-2H3,(H,31,35)(H,33,34)/t25-/m1/s1. The van der Waals surface area contributed by atoms with Gasteiger partial charge in [-0.15, -0.1) is 0 Å². The number of carboxylic acids is 1. The van der Waals surface area contributed by atoms with Gasteiger partial charge in [0.2, 0.25) is 0 Å². The zero-order valence-corrected chi connectivity index (χ0v) is 21.4. The molecule has 0 saturated heterocycles. The minimum atomic E-state index is -0.971. The highest BCUT2D eigenvalue weighted by Crippen LogP contribution is 2.33. The summed E-state index contributed by atoms with van der Waals surface area (Å²) >= 11 is 12.2. The van der Waals surface area contributed by atoms with E-state index in [-0.39, 0.29) is 37.4 Å². The van der Waals surface area contributed by atoms with Crippen LogP contribution in [-0.2, 0) is 4.79 Å². The molecule has 36 heavy (non-hydrogen) atoms. The molecule has 1 amide bonds. The quantitative estimate of drug-likeness (QED) is 0.261. The van der Waals surface area contributed by atoms with E-state index in [2.05, 4.69) is 10.6 Å².